The van der Waals surface area contributed by atoms with Crippen molar-refractivity contribution in [2.24, 2.45) is 0 Å². The maximum atomic E-state index is 12.2. The minimum Gasteiger partial charge on any atom is -0.459 e. The Hall–Kier alpha value is -3.37. The summed E-state index contributed by atoms with van der Waals surface area (Å²) in [5, 5.41) is 14.8. The van der Waals surface area contributed by atoms with Gasteiger partial charge in [-0.15, -0.1) is 11.3 Å². The molecule has 0 unspecified atom stereocenters. The smallest absolute Gasteiger partial charge is 0.291 e. The summed E-state index contributed by atoms with van der Waals surface area (Å²) in [4.78, 5) is 24.6. The van der Waals surface area contributed by atoms with Crippen LogP contribution in [0.3, 0.4) is 0 Å². The lowest BCUT2D eigenvalue weighted by Gasteiger charge is -2.04. The number of furan rings is 1. The Morgan fingerprint density at radius 1 is 1.08 bits per heavy atom. The first kappa shape index (κ1) is 16.5. The van der Waals surface area contributed by atoms with Gasteiger partial charge in [-0.1, -0.05) is 12.1 Å². The molecule has 3 aromatic rings. The van der Waals surface area contributed by atoms with Gasteiger partial charge in [-0.25, -0.2) is 0 Å². The number of nitrogens with zero attached hydrogens (tertiary/aromatic N) is 1. The van der Waals surface area contributed by atoms with Gasteiger partial charge in [0.2, 0.25) is 0 Å². The van der Waals surface area contributed by atoms with Crippen LogP contribution in [0.4, 0.5) is 5.00 Å². The van der Waals surface area contributed by atoms with E-state index >= 15 is 0 Å². The summed E-state index contributed by atoms with van der Waals surface area (Å²) in [5.41, 5.74) is 1.47. The zero-order chi connectivity index (χ0) is 17.6. The fourth-order valence-electron chi connectivity index (χ4n) is 2.07. The molecule has 3 rings (SSSR count). The topological polar surface area (TPSA) is 95.1 Å². The molecule has 0 atom stereocenters. The van der Waals surface area contributed by atoms with Crippen molar-refractivity contribution in [3.63, 3.8) is 0 Å². The highest BCUT2D eigenvalue weighted by Gasteiger charge is 2.13. The van der Waals surface area contributed by atoms with E-state index in [1.165, 1.54) is 17.6 Å². The molecule has 25 heavy (non-hydrogen) atoms. The molecule has 1 aromatic carbocycles. The fourth-order valence-corrected chi connectivity index (χ4v) is 2.89. The van der Waals surface area contributed by atoms with Crippen LogP contribution in [0.5, 0.6) is 0 Å². The molecule has 6 nitrogen and oxygen atoms in total. The maximum absolute atomic E-state index is 12.2. The molecule has 0 bridgehead atoms. The van der Waals surface area contributed by atoms with E-state index in [-0.39, 0.29) is 17.6 Å². The molecule has 2 aromatic heterocycles. The average Bonchev–Trinajstić information content (AvgIpc) is 3.32. The van der Waals surface area contributed by atoms with Gasteiger partial charge in [-0.05, 0) is 42.0 Å². The molecule has 0 aliphatic heterocycles. The Morgan fingerprint density at radius 3 is 2.56 bits per heavy atom. The molecule has 0 spiro atoms. The molecule has 7 heteroatoms. The molecule has 0 saturated carbocycles. The third-order valence-corrected chi connectivity index (χ3v) is 4.35. The molecule has 2 N–H and O–H groups in total. The highest BCUT2D eigenvalue weighted by atomic mass is 32.1. The molecule has 2 heterocycles. The maximum Gasteiger partial charge on any atom is 0.291 e. The zero-order valence-electron chi connectivity index (χ0n) is 13.0. The lowest BCUT2D eigenvalue weighted by molar-refractivity contribution is 0.0953. The second-order valence-corrected chi connectivity index (χ2v) is 6.17. The van der Waals surface area contributed by atoms with E-state index < -0.39 is 0 Å². The van der Waals surface area contributed by atoms with Gasteiger partial charge in [-0.3, -0.25) is 9.59 Å². The molecule has 2 amide bonds. The first-order chi connectivity index (χ1) is 12.2. The van der Waals surface area contributed by atoms with E-state index in [1.807, 2.05) is 6.07 Å². The van der Waals surface area contributed by atoms with Crippen LogP contribution in [-0.2, 0) is 6.54 Å². The number of amides is 2. The van der Waals surface area contributed by atoms with Crippen LogP contribution in [0.2, 0.25) is 0 Å². The van der Waals surface area contributed by atoms with Crippen molar-refractivity contribution < 1.29 is 14.0 Å². The summed E-state index contributed by atoms with van der Waals surface area (Å²) in [6, 6.07) is 15.6. The van der Waals surface area contributed by atoms with Gasteiger partial charge >= 0.3 is 0 Å². The van der Waals surface area contributed by atoms with Gasteiger partial charge in [0.15, 0.2) is 5.76 Å². The first-order valence-electron chi connectivity index (χ1n) is 7.37. The quantitative estimate of drug-likeness (QED) is 0.736. The van der Waals surface area contributed by atoms with Gasteiger partial charge < -0.3 is 15.1 Å². The van der Waals surface area contributed by atoms with Crippen molar-refractivity contribution in [2.75, 3.05) is 5.32 Å². The third kappa shape index (κ3) is 4.13. The third-order valence-electron chi connectivity index (χ3n) is 3.35. The van der Waals surface area contributed by atoms with Crippen molar-refractivity contribution >= 4 is 28.2 Å². The van der Waals surface area contributed by atoms with E-state index in [9.17, 15) is 9.59 Å². The molecule has 0 aliphatic carbocycles. The number of rotatable bonds is 5. The SMILES string of the molecule is N#Cc1ccc(CNC(=O)c2ccc(NC(=O)c3ccco3)s2)cc1. The van der Waals surface area contributed by atoms with Gasteiger partial charge in [-0.2, -0.15) is 5.26 Å². The zero-order valence-corrected chi connectivity index (χ0v) is 13.8. The van der Waals surface area contributed by atoms with E-state index in [0.717, 1.165) is 5.56 Å². The minimum absolute atomic E-state index is 0.209. The van der Waals surface area contributed by atoms with Gasteiger partial charge in [0, 0.05) is 6.54 Å². The predicted octanol–water partition coefficient (Wildman–Crippen LogP) is 3.40. The molecule has 0 fully saturated rings. The van der Waals surface area contributed by atoms with Crippen LogP contribution in [0, 0.1) is 11.3 Å². The Labute approximate surface area is 147 Å². The Kier molecular flexibility index (Phi) is 4.92. The fraction of sp³-hybridized carbons (Fsp3) is 0.0556. The number of carbonyl (C=O) groups is 2. The Balaban J connectivity index is 1.56. The van der Waals surface area contributed by atoms with Gasteiger partial charge in [0.1, 0.15) is 0 Å². The number of benzene rings is 1. The molecule has 124 valence electrons. The number of carbonyl (C=O) groups excluding carboxylic acids is 2. The molecule has 0 aliphatic rings. The highest BCUT2D eigenvalue weighted by Crippen LogP contribution is 2.22. The summed E-state index contributed by atoms with van der Waals surface area (Å²) in [5.74, 6) is -0.385. The lowest BCUT2D eigenvalue weighted by Crippen LogP contribution is -2.21. The summed E-state index contributed by atoms with van der Waals surface area (Å²) in [7, 11) is 0. The molecular weight excluding hydrogens is 338 g/mol. The van der Waals surface area contributed by atoms with E-state index in [0.29, 0.717) is 22.0 Å². The minimum atomic E-state index is -0.364. The van der Waals surface area contributed by atoms with Crippen LogP contribution >= 0.6 is 11.3 Å². The van der Waals surface area contributed by atoms with Crippen LogP contribution in [0.15, 0.2) is 59.2 Å². The summed E-state index contributed by atoms with van der Waals surface area (Å²) in [6.45, 7) is 0.358. The van der Waals surface area contributed by atoms with E-state index in [1.54, 1.807) is 48.5 Å². The standard InChI is InChI=1S/C18H13N3O3S/c19-10-12-3-5-13(6-4-12)11-20-18(23)15-7-8-16(25-15)21-17(22)14-2-1-9-24-14/h1-9H,11H2,(H,20,23)(H,21,22). The lowest BCUT2D eigenvalue weighted by atomic mass is 10.1. The largest absolute Gasteiger partial charge is 0.459 e. The van der Waals surface area contributed by atoms with Gasteiger partial charge in [0.25, 0.3) is 11.8 Å². The van der Waals surface area contributed by atoms with Crippen LogP contribution in [0.1, 0.15) is 31.4 Å². The molecule has 0 saturated heterocycles. The van der Waals surface area contributed by atoms with Crippen LogP contribution < -0.4 is 10.6 Å². The van der Waals surface area contributed by atoms with E-state index in [2.05, 4.69) is 10.6 Å². The summed E-state index contributed by atoms with van der Waals surface area (Å²) in [6.07, 6.45) is 1.42. The molecule has 0 radical (unpaired) electrons. The number of anilines is 1. The van der Waals surface area contributed by atoms with Crippen molar-refractivity contribution in [2.45, 2.75) is 6.54 Å². The number of thiophene rings is 1. The number of nitriles is 1. The second-order valence-electron chi connectivity index (χ2n) is 5.09. The number of hydrogen-bond donors (Lipinski definition) is 2. The van der Waals surface area contributed by atoms with Crippen molar-refractivity contribution in [3.05, 3.63) is 76.6 Å². The van der Waals surface area contributed by atoms with Gasteiger partial charge in [0.05, 0.1) is 27.8 Å². The second kappa shape index (κ2) is 7.47. The number of nitrogens with one attached hydrogen (secondary N) is 2. The highest BCUT2D eigenvalue weighted by molar-refractivity contribution is 7.18. The normalized spacial score (nSPS) is 10.0. The average molecular weight is 351 g/mol. The van der Waals surface area contributed by atoms with Crippen molar-refractivity contribution in [1.29, 1.82) is 5.26 Å². The first-order valence-corrected chi connectivity index (χ1v) is 8.19. The summed E-state index contributed by atoms with van der Waals surface area (Å²) < 4.78 is 5.02. The summed E-state index contributed by atoms with van der Waals surface area (Å²) >= 11 is 1.18. The van der Waals surface area contributed by atoms with E-state index in [4.69, 9.17) is 9.68 Å². The molecular formula is C18H13N3O3S. The Morgan fingerprint density at radius 2 is 1.88 bits per heavy atom. The van der Waals surface area contributed by atoms with Crippen molar-refractivity contribution in [1.82, 2.24) is 5.32 Å². The van der Waals surface area contributed by atoms with Crippen LogP contribution in [-0.4, -0.2) is 11.8 Å². The van der Waals surface area contributed by atoms with Crippen molar-refractivity contribution in [3.8, 4) is 6.07 Å². The van der Waals surface area contributed by atoms with Crippen LogP contribution in [0.25, 0.3) is 0 Å². The predicted molar refractivity (Wildman–Crippen MR) is 93.3 cm³/mol. The monoisotopic (exact) mass is 351 g/mol. The number of hydrogen-bond acceptors (Lipinski definition) is 5. The Bertz CT molecular complexity index is 921.